The third-order valence-electron chi connectivity index (χ3n) is 3.38. The normalized spacial score (nSPS) is 10.1. The molecule has 4 heteroatoms. The molecule has 0 atom stereocenters. The Hall–Kier alpha value is -2.62. The van der Waals surface area contributed by atoms with Crippen LogP contribution in [0.1, 0.15) is 12.5 Å². The van der Waals surface area contributed by atoms with Gasteiger partial charge in [0.2, 0.25) is 0 Å². The van der Waals surface area contributed by atoms with Gasteiger partial charge in [-0.1, -0.05) is 29.8 Å². The molecule has 120 valence electrons. The van der Waals surface area contributed by atoms with Crippen LogP contribution in [0, 0.1) is 6.92 Å². The summed E-state index contributed by atoms with van der Waals surface area (Å²) in [6, 6.07) is 15.2. The number of benzene rings is 2. The fourth-order valence-corrected chi connectivity index (χ4v) is 2.28. The van der Waals surface area contributed by atoms with Crippen LogP contribution < -0.4 is 10.4 Å². The quantitative estimate of drug-likeness (QED) is 0.655. The van der Waals surface area contributed by atoms with Gasteiger partial charge in [0.25, 0.3) is 0 Å². The molecule has 3 nitrogen and oxygen atoms in total. The summed E-state index contributed by atoms with van der Waals surface area (Å²) in [5, 5.41) is 0.883. The van der Waals surface area contributed by atoms with Crippen molar-refractivity contribution < 1.29 is 13.5 Å². The Morgan fingerprint density at radius 1 is 1.04 bits per heavy atom. The summed E-state index contributed by atoms with van der Waals surface area (Å²) in [5.74, 6) is 0.705. The molecule has 2 aromatic carbocycles. The molecule has 0 amide bonds. The largest absolute Gasteiger partial charge is 0.494 e. The molecule has 0 saturated carbocycles. The molecule has 0 radical (unpaired) electrons. The second kappa shape index (κ2) is 7.58. The zero-order chi connectivity index (χ0) is 16.8. The number of ether oxygens (including phenoxy) is 1. The van der Waals surface area contributed by atoms with E-state index in [1.54, 1.807) is 6.07 Å². The predicted octanol–water partition coefficient (Wildman–Crippen LogP) is 4.75. The van der Waals surface area contributed by atoms with Crippen molar-refractivity contribution in [1.29, 1.82) is 0 Å². The van der Waals surface area contributed by atoms with Crippen LogP contribution in [0.2, 0.25) is 0 Å². The van der Waals surface area contributed by atoms with Crippen molar-refractivity contribution >= 4 is 11.0 Å². The van der Waals surface area contributed by atoms with Crippen molar-refractivity contribution in [2.45, 2.75) is 13.8 Å². The molecule has 0 aliphatic rings. The molecule has 1 heterocycles. The molecule has 3 aromatic rings. The molecule has 0 bridgehead atoms. The van der Waals surface area contributed by atoms with Gasteiger partial charge in [0.15, 0.2) is 0 Å². The molecular formula is C19H19FO3. The van der Waals surface area contributed by atoms with Gasteiger partial charge in [-0.2, -0.15) is 0 Å². The van der Waals surface area contributed by atoms with Gasteiger partial charge in [0.05, 0.1) is 19.3 Å². The molecule has 0 spiro atoms. The minimum atomic E-state index is -0.333. The van der Waals surface area contributed by atoms with Crippen molar-refractivity contribution in [3.63, 3.8) is 0 Å². The topological polar surface area (TPSA) is 39.4 Å². The highest BCUT2D eigenvalue weighted by Crippen LogP contribution is 2.24. The van der Waals surface area contributed by atoms with Crippen LogP contribution in [0.4, 0.5) is 4.39 Å². The van der Waals surface area contributed by atoms with Gasteiger partial charge >= 0.3 is 5.63 Å². The number of aryl methyl sites for hydroxylation is 1. The van der Waals surface area contributed by atoms with E-state index < -0.39 is 0 Å². The first kappa shape index (κ1) is 16.7. The highest BCUT2D eigenvalue weighted by atomic mass is 19.1. The fraction of sp³-hybridized carbons (Fsp3) is 0.211. The van der Waals surface area contributed by atoms with Gasteiger partial charge < -0.3 is 9.15 Å². The van der Waals surface area contributed by atoms with Gasteiger partial charge in [-0.3, -0.25) is 4.39 Å². The lowest BCUT2D eigenvalue weighted by molar-refractivity contribution is 0.340. The van der Waals surface area contributed by atoms with E-state index in [9.17, 15) is 9.18 Å². The number of rotatable bonds is 3. The summed E-state index contributed by atoms with van der Waals surface area (Å²) in [6.45, 7) is 4.51. The first-order chi connectivity index (χ1) is 11.2. The lowest BCUT2D eigenvalue weighted by Gasteiger charge is -2.06. The van der Waals surface area contributed by atoms with E-state index in [1.165, 1.54) is 0 Å². The minimum absolute atomic E-state index is 0.333. The second-order valence-electron chi connectivity index (χ2n) is 4.95. The van der Waals surface area contributed by atoms with Crippen LogP contribution in [-0.4, -0.2) is 13.8 Å². The van der Waals surface area contributed by atoms with Crippen molar-refractivity contribution in [2.75, 3.05) is 13.8 Å². The van der Waals surface area contributed by atoms with E-state index in [0.29, 0.717) is 30.7 Å². The molecule has 0 aliphatic heterocycles. The standard InChI is InChI=1S/C18H16O3.CH3F/c1-3-20-15-9-8-14-10-16(18(19)21-17(14)11-15)13-6-4-12(2)5-7-13;1-2/h4-11H,3H2,1-2H3;1H3. The SMILES string of the molecule is CCOc1ccc2cc(-c3ccc(C)cc3)c(=O)oc2c1.CF. The Morgan fingerprint density at radius 3 is 2.39 bits per heavy atom. The number of fused-ring (bicyclic) bond motifs is 1. The molecule has 0 N–H and O–H groups in total. The first-order valence-corrected chi connectivity index (χ1v) is 7.33. The third kappa shape index (κ3) is 3.77. The summed E-state index contributed by atoms with van der Waals surface area (Å²) in [4.78, 5) is 12.2. The van der Waals surface area contributed by atoms with E-state index >= 15 is 0 Å². The molecule has 0 fully saturated rings. The van der Waals surface area contributed by atoms with Crippen molar-refractivity contribution in [2.24, 2.45) is 0 Å². The summed E-state index contributed by atoms with van der Waals surface area (Å²) < 4.78 is 20.3. The van der Waals surface area contributed by atoms with Crippen LogP contribution in [0.3, 0.4) is 0 Å². The molecule has 23 heavy (non-hydrogen) atoms. The Kier molecular flexibility index (Phi) is 5.52. The zero-order valence-electron chi connectivity index (χ0n) is 13.4. The Bertz CT molecular complexity index is 835. The number of hydrogen-bond acceptors (Lipinski definition) is 3. The summed E-state index contributed by atoms with van der Waals surface area (Å²) in [6.07, 6.45) is 0. The average molecular weight is 314 g/mol. The van der Waals surface area contributed by atoms with Crippen LogP contribution in [0.5, 0.6) is 5.75 Å². The lowest BCUT2D eigenvalue weighted by Crippen LogP contribution is -2.02. The summed E-state index contributed by atoms with van der Waals surface area (Å²) >= 11 is 0. The highest BCUT2D eigenvalue weighted by molar-refractivity contribution is 5.82. The Balaban J connectivity index is 0.000000924. The maximum Gasteiger partial charge on any atom is 0.344 e. The van der Waals surface area contributed by atoms with Crippen LogP contribution >= 0.6 is 0 Å². The number of hydrogen-bond donors (Lipinski definition) is 0. The van der Waals surface area contributed by atoms with Crippen LogP contribution in [0.25, 0.3) is 22.1 Å². The maximum absolute atomic E-state index is 12.2. The van der Waals surface area contributed by atoms with Crippen LogP contribution in [0.15, 0.2) is 57.7 Å². The molecule has 3 rings (SSSR count). The number of halogens is 1. The van der Waals surface area contributed by atoms with Crippen molar-refractivity contribution in [3.8, 4) is 16.9 Å². The molecule has 0 saturated heterocycles. The highest BCUT2D eigenvalue weighted by Gasteiger charge is 2.08. The average Bonchev–Trinajstić information content (AvgIpc) is 2.57. The maximum atomic E-state index is 12.2. The van der Waals surface area contributed by atoms with E-state index in [0.717, 1.165) is 16.5 Å². The molecule has 0 aliphatic carbocycles. The number of alkyl halides is 1. The zero-order valence-corrected chi connectivity index (χ0v) is 13.4. The monoisotopic (exact) mass is 314 g/mol. The fourth-order valence-electron chi connectivity index (χ4n) is 2.28. The first-order valence-electron chi connectivity index (χ1n) is 7.33. The van der Waals surface area contributed by atoms with E-state index in [4.69, 9.17) is 9.15 Å². The molecule has 1 aromatic heterocycles. The third-order valence-corrected chi connectivity index (χ3v) is 3.38. The van der Waals surface area contributed by atoms with Gasteiger partial charge in [-0.05, 0) is 37.6 Å². The summed E-state index contributed by atoms with van der Waals surface area (Å²) in [7, 11) is 0.500. The van der Waals surface area contributed by atoms with Gasteiger partial charge in [0, 0.05) is 11.5 Å². The molecular weight excluding hydrogens is 295 g/mol. The van der Waals surface area contributed by atoms with Crippen molar-refractivity contribution in [3.05, 3.63) is 64.5 Å². The van der Waals surface area contributed by atoms with E-state index in [1.807, 2.05) is 56.3 Å². The van der Waals surface area contributed by atoms with Gasteiger partial charge in [-0.25, -0.2) is 4.79 Å². The Labute approximate surface area is 134 Å². The van der Waals surface area contributed by atoms with Gasteiger partial charge in [-0.15, -0.1) is 0 Å². The minimum Gasteiger partial charge on any atom is -0.494 e. The van der Waals surface area contributed by atoms with Crippen molar-refractivity contribution in [1.82, 2.24) is 0 Å². The Morgan fingerprint density at radius 2 is 1.74 bits per heavy atom. The predicted molar refractivity (Wildman–Crippen MR) is 90.9 cm³/mol. The van der Waals surface area contributed by atoms with Gasteiger partial charge in [0.1, 0.15) is 11.3 Å². The smallest absolute Gasteiger partial charge is 0.344 e. The van der Waals surface area contributed by atoms with E-state index in [-0.39, 0.29) is 5.63 Å². The molecule has 0 unspecified atom stereocenters. The lowest BCUT2D eigenvalue weighted by atomic mass is 10.0. The summed E-state index contributed by atoms with van der Waals surface area (Å²) in [5.41, 5.74) is 2.81. The van der Waals surface area contributed by atoms with E-state index in [2.05, 4.69) is 0 Å². The second-order valence-corrected chi connectivity index (χ2v) is 4.95. The van der Waals surface area contributed by atoms with Crippen LogP contribution in [-0.2, 0) is 0 Å².